The molecule has 0 bridgehead atoms. The summed E-state index contributed by atoms with van der Waals surface area (Å²) in [5.74, 6) is 0. The zero-order valence-electron chi connectivity index (χ0n) is 50.0. The van der Waals surface area contributed by atoms with E-state index in [4.69, 9.17) is 4.42 Å². The number of aromatic nitrogens is 1. The van der Waals surface area contributed by atoms with E-state index in [1.165, 1.54) is 109 Å². The number of hydrogen-bond acceptors (Lipinski definition) is 4. The van der Waals surface area contributed by atoms with Crippen LogP contribution in [0.3, 0.4) is 0 Å². The number of nitrogens with zero attached hydrogens (tertiary/aromatic N) is 3. The normalized spacial score (nSPS) is 15.8. The second-order valence-corrected chi connectivity index (χ2v) is 30.4. The van der Waals surface area contributed by atoms with Gasteiger partial charge in [0.05, 0.1) is 22.1 Å². The van der Waals surface area contributed by atoms with Crippen LogP contribution in [0.15, 0.2) is 150 Å². The predicted molar refractivity (Wildman–Crippen MR) is 347 cm³/mol. The third-order valence-electron chi connectivity index (χ3n) is 18.9. The molecule has 402 valence electrons. The molecule has 3 aliphatic rings. The van der Waals surface area contributed by atoms with E-state index in [0.717, 1.165) is 46.5 Å². The van der Waals surface area contributed by atoms with Crippen molar-refractivity contribution >= 4 is 111 Å². The smallest absolute Gasteiger partial charge is 0.343 e. The van der Waals surface area contributed by atoms with Crippen LogP contribution < -0.4 is 20.0 Å². The molecule has 6 heteroatoms. The van der Waals surface area contributed by atoms with E-state index >= 15 is 0 Å². The highest BCUT2D eigenvalue weighted by molar-refractivity contribution is 7.32. The van der Waals surface area contributed by atoms with Crippen molar-refractivity contribution in [3.05, 3.63) is 179 Å². The molecule has 2 aliphatic heterocycles. The molecule has 0 amide bonds. The lowest BCUT2D eigenvalue weighted by Crippen LogP contribution is -2.59. The van der Waals surface area contributed by atoms with Crippen molar-refractivity contribution in [2.24, 2.45) is 0 Å². The minimum absolute atomic E-state index is 0.00293. The van der Waals surface area contributed by atoms with Gasteiger partial charge in [-0.25, -0.2) is 0 Å². The Balaban J connectivity index is 1.17. The molecule has 0 fully saturated rings. The first kappa shape index (κ1) is 51.2. The Kier molecular flexibility index (Phi) is 10.7. The molecule has 0 saturated heterocycles. The van der Waals surface area contributed by atoms with Gasteiger partial charge in [-0.1, -0.05) is 171 Å². The number of benzene rings is 8. The fourth-order valence-corrected chi connectivity index (χ4v) is 15.3. The van der Waals surface area contributed by atoms with Crippen LogP contribution >= 0.6 is 11.3 Å². The highest BCUT2D eigenvalue weighted by Gasteiger charge is 2.49. The fraction of sp³-hybridized carbons (Fsp3) is 0.324. The molecule has 0 atom stereocenters. The first-order valence-corrected chi connectivity index (χ1v) is 30.1. The molecule has 14 rings (SSSR count). The molecule has 11 aromatic rings. The summed E-state index contributed by atoms with van der Waals surface area (Å²) in [7, 11) is 0. The largest absolute Gasteiger partial charge is 0.455 e. The van der Waals surface area contributed by atoms with Crippen molar-refractivity contribution in [1.82, 2.24) is 4.57 Å². The Morgan fingerprint density at radius 1 is 0.525 bits per heavy atom. The molecule has 80 heavy (non-hydrogen) atoms. The van der Waals surface area contributed by atoms with Gasteiger partial charge in [0.25, 0.3) is 0 Å². The third kappa shape index (κ3) is 7.52. The van der Waals surface area contributed by atoms with Crippen LogP contribution in [-0.2, 0) is 32.5 Å². The first-order chi connectivity index (χ1) is 37.7. The predicted octanol–water partition coefficient (Wildman–Crippen LogP) is 20.1. The van der Waals surface area contributed by atoms with E-state index in [2.05, 4.69) is 271 Å². The molecule has 8 aromatic carbocycles. The molecule has 4 nitrogen and oxygen atoms in total. The third-order valence-corrected chi connectivity index (χ3v) is 20.1. The molecule has 0 N–H and O–H groups in total. The summed E-state index contributed by atoms with van der Waals surface area (Å²) in [6.07, 6.45) is 2.29. The molecular formula is C74H76BN3OS. The second kappa shape index (κ2) is 16.8. The topological polar surface area (TPSA) is 24.6 Å². The van der Waals surface area contributed by atoms with E-state index in [0.29, 0.717) is 0 Å². The van der Waals surface area contributed by atoms with Crippen LogP contribution in [0, 0.1) is 0 Å². The van der Waals surface area contributed by atoms with E-state index in [1.807, 2.05) is 11.3 Å². The Morgan fingerprint density at radius 3 is 1.65 bits per heavy atom. The van der Waals surface area contributed by atoms with Gasteiger partial charge >= 0.3 is 6.85 Å². The maximum absolute atomic E-state index is 7.50. The summed E-state index contributed by atoms with van der Waals surface area (Å²) in [6, 6.07) is 56.9. The SMILES string of the molecule is CC(C)(C)c1ccc(N2B3c4sc5ccc(C(C)(C)C)cc5c4-n4c5cc6c(cc5c5c7oc8ccccc8c7c(c3c54)-c3cc(N(c4ccc(C(C)(C)C)cc4)c4ccc(C(C)(C)C)cc4)ccc32)C(C)(C)CCC6(C)C)cc1. The number of fused-ring (bicyclic) bond motifs is 16. The minimum atomic E-state index is -0.153. The van der Waals surface area contributed by atoms with Crippen molar-refractivity contribution < 1.29 is 4.42 Å². The Bertz CT molecular complexity index is 4320. The summed E-state index contributed by atoms with van der Waals surface area (Å²) >= 11 is 1.99. The van der Waals surface area contributed by atoms with Crippen molar-refractivity contribution in [1.29, 1.82) is 0 Å². The van der Waals surface area contributed by atoms with Crippen LogP contribution in [0.2, 0.25) is 0 Å². The fourth-order valence-electron chi connectivity index (χ4n) is 14.0. The molecule has 0 saturated carbocycles. The standard InChI is InChI=1S/C74H76BN3OS/c1-69(2,3)43-21-28-47(29-22-43)76(48-30-23-44(24-31-48)70(4,5)6)50-34-35-57-52(40-50)61-62-51-19-17-18-20-59(51)79-67(62)63-53-41-55-56(74(15,16)38-37-73(55,13)14)42-58(53)77-65-54-39-46(72(10,11)12)27-36-60(54)80-68(65)75(64(61)66(63)77)78(57)49-32-25-45(26-33-49)71(7,8)9/h17-36,39-42H,37-38H2,1-16H3. The van der Waals surface area contributed by atoms with Gasteiger partial charge in [-0.15, -0.1) is 11.3 Å². The molecule has 5 heterocycles. The number of rotatable bonds is 4. The maximum Gasteiger partial charge on any atom is 0.343 e. The molecule has 1 aliphatic carbocycles. The van der Waals surface area contributed by atoms with Crippen LogP contribution in [-0.4, -0.2) is 11.4 Å². The lowest BCUT2D eigenvalue weighted by molar-refractivity contribution is 0.332. The van der Waals surface area contributed by atoms with Crippen LogP contribution in [0.25, 0.3) is 70.6 Å². The van der Waals surface area contributed by atoms with E-state index in [-0.39, 0.29) is 39.3 Å². The molecular weight excluding hydrogens is 990 g/mol. The van der Waals surface area contributed by atoms with E-state index < -0.39 is 0 Å². The Labute approximate surface area is 478 Å². The minimum Gasteiger partial charge on any atom is -0.455 e. The van der Waals surface area contributed by atoms with Crippen molar-refractivity contribution in [2.45, 2.75) is 156 Å². The monoisotopic (exact) mass is 1070 g/mol. The van der Waals surface area contributed by atoms with Gasteiger partial charge in [-0.2, -0.15) is 0 Å². The molecule has 0 spiro atoms. The second-order valence-electron chi connectivity index (χ2n) is 29.3. The van der Waals surface area contributed by atoms with E-state index in [9.17, 15) is 0 Å². The summed E-state index contributed by atoms with van der Waals surface area (Å²) < 4.78 is 12.9. The van der Waals surface area contributed by atoms with Gasteiger partial charge in [0.15, 0.2) is 0 Å². The Hall–Kier alpha value is -7.02. The highest BCUT2D eigenvalue weighted by Crippen LogP contribution is 2.56. The lowest BCUT2D eigenvalue weighted by Gasteiger charge is -2.42. The van der Waals surface area contributed by atoms with Crippen LogP contribution in [0.1, 0.15) is 157 Å². The summed E-state index contributed by atoms with van der Waals surface area (Å²) in [5, 5.41) is 6.16. The number of thiophene rings is 1. The zero-order chi connectivity index (χ0) is 56.1. The number of hydrogen-bond donors (Lipinski definition) is 0. The van der Waals surface area contributed by atoms with E-state index in [1.54, 1.807) is 0 Å². The van der Waals surface area contributed by atoms with Crippen LogP contribution in [0.5, 0.6) is 0 Å². The molecule has 0 unspecified atom stereocenters. The lowest BCUT2D eigenvalue weighted by atomic mass is 9.47. The average Bonchev–Trinajstić information content (AvgIpc) is 1.67. The highest BCUT2D eigenvalue weighted by atomic mass is 32.1. The Morgan fingerprint density at radius 2 is 1.06 bits per heavy atom. The van der Waals surface area contributed by atoms with Gasteiger partial charge in [0.1, 0.15) is 11.2 Å². The van der Waals surface area contributed by atoms with Gasteiger partial charge in [0.2, 0.25) is 0 Å². The number of anilines is 5. The summed E-state index contributed by atoms with van der Waals surface area (Å²) in [4.78, 5) is 5.20. The average molecular weight is 1070 g/mol. The van der Waals surface area contributed by atoms with Gasteiger partial charge in [-0.3, -0.25) is 0 Å². The molecule has 0 radical (unpaired) electrons. The van der Waals surface area contributed by atoms with Gasteiger partial charge < -0.3 is 18.7 Å². The van der Waals surface area contributed by atoms with Crippen LogP contribution in [0.4, 0.5) is 28.4 Å². The maximum atomic E-state index is 7.50. The van der Waals surface area contributed by atoms with Gasteiger partial charge in [0, 0.05) is 65.0 Å². The van der Waals surface area contributed by atoms with Crippen molar-refractivity contribution in [2.75, 3.05) is 9.71 Å². The quantitative estimate of drug-likeness (QED) is 0.164. The van der Waals surface area contributed by atoms with Crippen molar-refractivity contribution in [3.63, 3.8) is 0 Å². The van der Waals surface area contributed by atoms with Crippen molar-refractivity contribution in [3.8, 4) is 16.8 Å². The number of para-hydroxylation sites is 1. The molecule has 3 aromatic heterocycles. The number of furan rings is 1. The van der Waals surface area contributed by atoms with Gasteiger partial charge in [-0.05, 0) is 175 Å². The summed E-state index contributed by atoms with van der Waals surface area (Å²) in [5.41, 5.74) is 23.5. The first-order valence-electron chi connectivity index (χ1n) is 29.3. The summed E-state index contributed by atoms with van der Waals surface area (Å²) in [6.45, 7) is 37.5. The zero-order valence-corrected chi connectivity index (χ0v) is 50.8.